The van der Waals surface area contributed by atoms with Gasteiger partial charge >= 0.3 is 5.97 Å². The first-order valence-corrected chi connectivity index (χ1v) is 13.0. The molecule has 3 aromatic rings. The number of hydrogen-bond donors (Lipinski definition) is 1. The molecule has 40 heavy (non-hydrogen) atoms. The second-order valence-corrected chi connectivity index (χ2v) is 10.2. The van der Waals surface area contributed by atoms with Gasteiger partial charge in [-0.1, -0.05) is 0 Å². The lowest BCUT2D eigenvalue weighted by atomic mass is 9.71. The third kappa shape index (κ3) is 6.80. The Morgan fingerprint density at radius 1 is 1.15 bits per heavy atom. The number of halogens is 5. The lowest BCUT2D eigenvalue weighted by Crippen LogP contribution is -2.42. The molecule has 2 aromatic carbocycles. The number of fused-ring (bicyclic) bond motifs is 1. The summed E-state index contributed by atoms with van der Waals surface area (Å²) in [6, 6.07) is 6.07. The number of ether oxygens (including phenoxy) is 2. The fraction of sp³-hybridized carbons (Fsp3) is 0.448. The molecule has 0 amide bonds. The summed E-state index contributed by atoms with van der Waals surface area (Å²) < 4.78 is 80.8. The molecular formula is C29H31F5N2O4. The summed E-state index contributed by atoms with van der Waals surface area (Å²) in [6.07, 6.45) is 0.851. The van der Waals surface area contributed by atoms with Crippen molar-refractivity contribution >= 4 is 16.9 Å². The van der Waals surface area contributed by atoms with Crippen molar-refractivity contribution in [2.75, 3.05) is 33.4 Å². The van der Waals surface area contributed by atoms with E-state index in [0.29, 0.717) is 61.3 Å². The summed E-state index contributed by atoms with van der Waals surface area (Å²) in [5.41, 5.74) is 0.182. The molecule has 0 saturated carbocycles. The summed E-state index contributed by atoms with van der Waals surface area (Å²) in [4.78, 5) is 17.9. The van der Waals surface area contributed by atoms with E-state index in [4.69, 9.17) is 9.47 Å². The van der Waals surface area contributed by atoms with Gasteiger partial charge in [-0.25, -0.2) is 22.0 Å². The van der Waals surface area contributed by atoms with E-state index in [-0.39, 0.29) is 37.0 Å². The van der Waals surface area contributed by atoms with Crippen LogP contribution in [-0.2, 0) is 11.5 Å². The van der Waals surface area contributed by atoms with Gasteiger partial charge < -0.3 is 14.6 Å². The largest absolute Gasteiger partial charge is 0.497 e. The van der Waals surface area contributed by atoms with Crippen LogP contribution in [0.15, 0.2) is 36.5 Å². The van der Waals surface area contributed by atoms with Gasteiger partial charge in [0.15, 0.2) is 17.4 Å². The van der Waals surface area contributed by atoms with E-state index < -0.39 is 47.4 Å². The maximum Gasteiger partial charge on any atom is 0.303 e. The first kappa shape index (κ1) is 29.5. The Kier molecular flexibility index (Phi) is 9.44. The molecule has 0 spiro atoms. The van der Waals surface area contributed by atoms with Crippen LogP contribution >= 0.6 is 0 Å². The van der Waals surface area contributed by atoms with E-state index in [1.165, 1.54) is 13.3 Å². The van der Waals surface area contributed by atoms with Crippen LogP contribution < -0.4 is 9.47 Å². The number of likely N-dealkylation sites (tertiary alicyclic amines) is 1. The highest BCUT2D eigenvalue weighted by Gasteiger charge is 2.37. The molecule has 1 fully saturated rings. The molecule has 0 aliphatic carbocycles. The van der Waals surface area contributed by atoms with Crippen LogP contribution in [0.25, 0.3) is 10.9 Å². The van der Waals surface area contributed by atoms with Crippen LogP contribution in [0.5, 0.6) is 11.5 Å². The standard InChI is InChI=1S/C29H31F5N2O4/c1-39-20-2-3-25-21(14-20)27(18(16-30)17-35-25)22(32)4-5-29(15-26(37)38)6-8-36(9-7-29)10-11-40-28-23(33)12-19(31)13-24(28)34/h2-3,12-14,17,22H,4-11,15-16H2,1H3,(H,37,38)/t22-/m0/s1. The molecule has 0 unspecified atom stereocenters. The number of hydrogen-bond acceptors (Lipinski definition) is 5. The van der Waals surface area contributed by atoms with Crippen LogP contribution in [0.2, 0.25) is 0 Å². The van der Waals surface area contributed by atoms with Crippen LogP contribution in [-0.4, -0.2) is 54.3 Å². The minimum atomic E-state index is -1.54. The number of carboxylic acids is 1. The van der Waals surface area contributed by atoms with Crippen LogP contribution in [0, 0.1) is 22.9 Å². The van der Waals surface area contributed by atoms with Gasteiger partial charge in [-0.15, -0.1) is 0 Å². The second-order valence-electron chi connectivity index (χ2n) is 10.2. The smallest absolute Gasteiger partial charge is 0.303 e. The molecule has 1 aromatic heterocycles. The van der Waals surface area contributed by atoms with Crippen molar-refractivity contribution < 1.29 is 41.3 Å². The molecule has 0 bridgehead atoms. The highest BCUT2D eigenvalue weighted by molar-refractivity contribution is 5.85. The first-order chi connectivity index (χ1) is 19.1. The van der Waals surface area contributed by atoms with Crippen molar-refractivity contribution in [3.05, 3.63) is 65.1 Å². The van der Waals surface area contributed by atoms with E-state index in [0.717, 1.165) is 0 Å². The highest BCUT2D eigenvalue weighted by Crippen LogP contribution is 2.43. The predicted molar refractivity (Wildman–Crippen MR) is 138 cm³/mol. The molecule has 6 nitrogen and oxygen atoms in total. The Bertz CT molecular complexity index is 1320. The van der Waals surface area contributed by atoms with Crippen molar-refractivity contribution in [1.82, 2.24) is 9.88 Å². The normalized spacial score (nSPS) is 16.1. The predicted octanol–water partition coefficient (Wildman–Crippen LogP) is 6.56. The summed E-state index contributed by atoms with van der Waals surface area (Å²) in [5, 5.41) is 10.1. The first-order valence-electron chi connectivity index (χ1n) is 13.0. The van der Waals surface area contributed by atoms with Gasteiger partial charge in [-0.3, -0.25) is 14.7 Å². The maximum atomic E-state index is 15.8. The second kappa shape index (κ2) is 12.8. The Hall–Kier alpha value is -3.47. The zero-order valence-corrected chi connectivity index (χ0v) is 22.1. The molecule has 1 atom stereocenters. The van der Waals surface area contributed by atoms with Gasteiger partial charge in [-0.05, 0) is 62.4 Å². The van der Waals surface area contributed by atoms with E-state index >= 15 is 4.39 Å². The topological polar surface area (TPSA) is 71.9 Å². The molecule has 11 heteroatoms. The molecule has 1 aliphatic rings. The molecule has 2 heterocycles. The van der Waals surface area contributed by atoms with Crippen molar-refractivity contribution in [2.24, 2.45) is 5.41 Å². The van der Waals surface area contributed by atoms with Gasteiger partial charge in [0, 0.05) is 41.4 Å². The van der Waals surface area contributed by atoms with Crippen LogP contribution in [0.1, 0.15) is 49.4 Å². The fourth-order valence-corrected chi connectivity index (χ4v) is 5.44. The number of rotatable bonds is 12. The minimum Gasteiger partial charge on any atom is -0.497 e. The number of piperidine rings is 1. The molecule has 4 rings (SSSR count). The lowest BCUT2D eigenvalue weighted by molar-refractivity contribution is -0.141. The number of pyridine rings is 1. The van der Waals surface area contributed by atoms with Gasteiger partial charge in [-0.2, -0.15) is 0 Å². The van der Waals surface area contributed by atoms with Crippen molar-refractivity contribution in [2.45, 2.75) is 45.0 Å². The molecule has 1 N–H and O–H groups in total. The molecule has 216 valence electrons. The fourth-order valence-electron chi connectivity index (χ4n) is 5.44. The van der Waals surface area contributed by atoms with E-state index in [1.54, 1.807) is 18.2 Å². The quantitative estimate of drug-likeness (QED) is 0.251. The van der Waals surface area contributed by atoms with Gasteiger partial charge in [0.25, 0.3) is 0 Å². The third-order valence-electron chi connectivity index (χ3n) is 7.64. The minimum absolute atomic E-state index is 0.00281. The molecule has 1 saturated heterocycles. The SMILES string of the molecule is COc1ccc2ncc(CF)c([C@@H](F)CCC3(CC(=O)O)CCN(CCOc4c(F)cc(F)cc4F)CC3)c2c1. The monoisotopic (exact) mass is 566 g/mol. The van der Waals surface area contributed by atoms with Crippen LogP contribution in [0.3, 0.4) is 0 Å². The van der Waals surface area contributed by atoms with Crippen molar-refractivity contribution in [3.8, 4) is 11.5 Å². The Balaban J connectivity index is 1.41. The number of methoxy groups -OCH3 is 1. The van der Waals surface area contributed by atoms with Crippen molar-refractivity contribution in [3.63, 3.8) is 0 Å². The molecule has 0 radical (unpaired) electrons. The van der Waals surface area contributed by atoms with Crippen molar-refractivity contribution in [1.29, 1.82) is 0 Å². The Labute approximate surface area is 228 Å². The summed E-state index contributed by atoms with van der Waals surface area (Å²) in [5.74, 6) is -4.45. The number of benzene rings is 2. The third-order valence-corrected chi connectivity index (χ3v) is 7.64. The summed E-state index contributed by atoms with van der Waals surface area (Å²) in [6.45, 7) is 0.331. The number of aliphatic carboxylic acids is 1. The van der Waals surface area contributed by atoms with Gasteiger partial charge in [0.2, 0.25) is 0 Å². The van der Waals surface area contributed by atoms with E-state index in [2.05, 4.69) is 4.98 Å². The molecular weight excluding hydrogens is 535 g/mol. The van der Waals surface area contributed by atoms with Gasteiger partial charge in [0.1, 0.15) is 31.0 Å². The van der Waals surface area contributed by atoms with Gasteiger partial charge in [0.05, 0.1) is 19.0 Å². The number of carboxylic acid groups (broad SMARTS) is 1. The molecule has 1 aliphatic heterocycles. The number of alkyl halides is 2. The van der Waals surface area contributed by atoms with E-state index in [9.17, 15) is 27.5 Å². The summed E-state index contributed by atoms with van der Waals surface area (Å²) >= 11 is 0. The average molecular weight is 567 g/mol. The highest BCUT2D eigenvalue weighted by atomic mass is 19.2. The van der Waals surface area contributed by atoms with E-state index in [1.807, 2.05) is 4.90 Å². The Morgan fingerprint density at radius 2 is 1.85 bits per heavy atom. The number of aromatic nitrogens is 1. The lowest BCUT2D eigenvalue weighted by Gasteiger charge is -2.41. The maximum absolute atomic E-state index is 15.8. The van der Waals surface area contributed by atoms with Crippen LogP contribution in [0.4, 0.5) is 22.0 Å². The zero-order valence-electron chi connectivity index (χ0n) is 22.1. The zero-order chi connectivity index (χ0) is 28.9. The Morgan fingerprint density at radius 3 is 2.48 bits per heavy atom. The average Bonchev–Trinajstić information content (AvgIpc) is 2.92. The number of nitrogens with zero attached hydrogens (tertiary/aromatic N) is 2. The number of carbonyl (C=O) groups is 1. The summed E-state index contributed by atoms with van der Waals surface area (Å²) in [7, 11) is 1.48.